The van der Waals surface area contributed by atoms with E-state index in [9.17, 15) is 4.79 Å². The molecule has 6 rings (SSSR count). The minimum absolute atomic E-state index is 0.00988. The van der Waals surface area contributed by atoms with Gasteiger partial charge in [0.25, 0.3) is 0 Å². The van der Waals surface area contributed by atoms with E-state index in [1.807, 2.05) is 11.1 Å². The zero-order chi connectivity index (χ0) is 27.1. The number of ether oxygens (including phenoxy) is 1. The van der Waals surface area contributed by atoms with E-state index in [-0.39, 0.29) is 5.91 Å². The monoisotopic (exact) mass is 529 g/mol. The van der Waals surface area contributed by atoms with Gasteiger partial charge in [-0.05, 0) is 81.3 Å². The van der Waals surface area contributed by atoms with Gasteiger partial charge in [0.05, 0.1) is 17.4 Å². The van der Waals surface area contributed by atoms with Crippen molar-refractivity contribution < 1.29 is 9.53 Å². The maximum absolute atomic E-state index is 12.2. The van der Waals surface area contributed by atoms with Crippen molar-refractivity contribution in [3.63, 3.8) is 0 Å². The van der Waals surface area contributed by atoms with E-state index < -0.39 is 0 Å². The van der Waals surface area contributed by atoms with Gasteiger partial charge < -0.3 is 19.4 Å². The molecule has 0 radical (unpaired) electrons. The maximum atomic E-state index is 12.2. The molecular weight excluding hydrogens is 490 g/mol. The summed E-state index contributed by atoms with van der Waals surface area (Å²) in [5.74, 6) is 1.72. The molecule has 1 N–H and O–H groups in total. The Hall–Kier alpha value is -3.46. The zero-order valence-electron chi connectivity index (χ0n) is 23.3. The van der Waals surface area contributed by atoms with Crippen molar-refractivity contribution in [1.29, 1.82) is 0 Å². The Morgan fingerprint density at radius 3 is 2.74 bits per heavy atom. The summed E-state index contributed by atoms with van der Waals surface area (Å²) in [6.07, 6.45) is 7.45. The molecule has 1 aromatic carbocycles. The van der Waals surface area contributed by atoms with Crippen molar-refractivity contribution in [2.45, 2.75) is 51.5 Å². The first-order chi connectivity index (χ1) is 18.9. The molecule has 4 heterocycles. The van der Waals surface area contributed by atoms with Crippen molar-refractivity contribution in [2.24, 2.45) is 5.92 Å². The average molecular weight is 530 g/mol. The van der Waals surface area contributed by atoms with E-state index in [0.717, 1.165) is 55.9 Å². The number of likely N-dealkylation sites (N-methyl/N-ethyl adjacent to an activating group) is 1. The number of anilines is 1. The minimum atomic E-state index is -0.00988. The van der Waals surface area contributed by atoms with Gasteiger partial charge in [0.15, 0.2) is 0 Å². The summed E-state index contributed by atoms with van der Waals surface area (Å²) < 4.78 is 6.30. The molecule has 9 heteroatoms. The van der Waals surface area contributed by atoms with Gasteiger partial charge in [-0.25, -0.2) is 0 Å². The number of amides is 1. The summed E-state index contributed by atoms with van der Waals surface area (Å²) in [7, 11) is 2.16. The molecule has 206 valence electrons. The summed E-state index contributed by atoms with van der Waals surface area (Å²) in [6.45, 7) is 12.7. The van der Waals surface area contributed by atoms with Gasteiger partial charge in [0.2, 0.25) is 5.91 Å². The summed E-state index contributed by atoms with van der Waals surface area (Å²) in [4.78, 5) is 28.8. The molecular formula is C30H39N7O2. The fourth-order valence-corrected chi connectivity index (χ4v) is 6.73. The molecule has 3 atom stereocenters. The van der Waals surface area contributed by atoms with Crippen LogP contribution in [0, 0.1) is 12.8 Å². The van der Waals surface area contributed by atoms with E-state index in [2.05, 4.69) is 59.6 Å². The Bertz CT molecular complexity index is 1380. The number of H-pyrrole nitrogens is 1. The van der Waals surface area contributed by atoms with Crippen LogP contribution in [0.4, 0.5) is 5.82 Å². The van der Waals surface area contributed by atoms with E-state index in [4.69, 9.17) is 14.7 Å². The first-order valence-electron chi connectivity index (χ1n) is 14.2. The number of nitrogens with one attached hydrogen (secondary N) is 1. The number of benzene rings is 1. The minimum Gasteiger partial charge on any atom is -0.462 e. The number of aryl methyl sites for hydroxylation is 1. The summed E-state index contributed by atoms with van der Waals surface area (Å²) >= 11 is 0. The van der Waals surface area contributed by atoms with Crippen LogP contribution in [0.15, 0.2) is 31.0 Å². The van der Waals surface area contributed by atoms with Crippen molar-refractivity contribution in [1.82, 2.24) is 30.0 Å². The second-order valence-electron chi connectivity index (χ2n) is 11.5. The largest absolute Gasteiger partial charge is 0.462 e. The third kappa shape index (κ3) is 4.88. The first kappa shape index (κ1) is 25.8. The molecule has 2 fully saturated rings. The highest BCUT2D eigenvalue weighted by Gasteiger charge is 2.35. The number of nitrogens with zero attached hydrogens (tertiary/aromatic N) is 6. The van der Waals surface area contributed by atoms with Gasteiger partial charge in [0.1, 0.15) is 12.4 Å². The molecule has 2 saturated heterocycles. The van der Waals surface area contributed by atoms with Crippen LogP contribution in [0.2, 0.25) is 0 Å². The quantitative estimate of drug-likeness (QED) is 0.489. The second-order valence-corrected chi connectivity index (χ2v) is 11.5. The maximum Gasteiger partial charge on any atom is 0.318 e. The van der Waals surface area contributed by atoms with Crippen LogP contribution in [0.1, 0.15) is 48.1 Å². The number of likely N-dealkylation sites (tertiary alicyclic amines) is 1. The Kier molecular flexibility index (Phi) is 7.01. The molecule has 39 heavy (non-hydrogen) atoms. The van der Waals surface area contributed by atoms with Crippen LogP contribution >= 0.6 is 0 Å². The molecule has 0 spiro atoms. The van der Waals surface area contributed by atoms with Crippen LogP contribution in [0.3, 0.4) is 0 Å². The zero-order valence-corrected chi connectivity index (χ0v) is 23.3. The number of aromatic nitrogens is 4. The number of rotatable bonds is 6. The van der Waals surface area contributed by atoms with Gasteiger partial charge in [-0.15, -0.1) is 0 Å². The van der Waals surface area contributed by atoms with Gasteiger partial charge in [-0.1, -0.05) is 19.6 Å². The SMILES string of the molecule is C=CC(=O)N1CCN(c2nc(OC[C@H]3CCCN3C)nc3c2C[C@@H](C)C(c2c(C)ccc4[nH]ncc24)C3)CC1. The first-order valence-corrected chi connectivity index (χ1v) is 14.2. The van der Waals surface area contributed by atoms with E-state index in [1.165, 1.54) is 34.6 Å². The van der Waals surface area contributed by atoms with Crippen LogP contribution in [0.5, 0.6) is 6.01 Å². The van der Waals surface area contributed by atoms with Crippen LogP contribution in [-0.2, 0) is 17.6 Å². The summed E-state index contributed by atoms with van der Waals surface area (Å²) in [5, 5.41) is 8.68. The number of carbonyl (C=O) groups excluding carboxylic acids is 1. The number of piperazine rings is 1. The van der Waals surface area contributed by atoms with Gasteiger partial charge in [-0.3, -0.25) is 9.89 Å². The Morgan fingerprint density at radius 1 is 1.18 bits per heavy atom. The van der Waals surface area contributed by atoms with Crippen LogP contribution in [0.25, 0.3) is 10.9 Å². The molecule has 2 aliphatic heterocycles. The Morgan fingerprint density at radius 2 is 2.00 bits per heavy atom. The summed E-state index contributed by atoms with van der Waals surface area (Å²) in [5.41, 5.74) is 6.05. The molecule has 0 bridgehead atoms. The fraction of sp³-hybridized carbons (Fsp3) is 0.533. The van der Waals surface area contributed by atoms with Gasteiger partial charge >= 0.3 is 6.01 Å². The fourth-order valence-electron chi connectivity index (χ4n) is 6.73. The van der Waals surface area contributed by atoms with E-state index >= 15 is 0 Å². The number of hydrogen-bond donors (Lipinski definition) is 1. The standard InChI is InChI=1S/C30H39N7O2/c1-5-27(38)36-11-13-37(14-12-36)29-23-15-20(3)22(28-19(2)8-9-25-24(28)17-31-34-25)16-26(23)32-30(33-29)39-18-21-7-6-10-35(21)4/h5,8-9,17,20-22H,1,6-7,10-16,18H2,2-4H3,(H,31,34)/t20-,21-,22?/m1/s1. The second kappa shape index (κ2) is 10.6. The highest BCUT2D eigenvalue weighted by atomic mass is 16.5. The molecule has 1 amide bonds. The topological polar surface area (TPSA) is 90.5 Å². The van der Waals surface area contributed by atoms with E-state index in [0.29, 0.717) is 43.6 Å². The number of hydrogen-bond acceptors (Lipinski definition) is 7. The lowest BCUT2D eigenvalue weighted by Crippen LogP contribution is -2.49. The molecule has 0 saturated carbocycles. The molecule has 3 aliphatic rings. The number of aromatic amines is 1. The lowest BCUT2D eigenvalue weighted by molar-refractivity contribution is -0.126. The lowest BCUT2D eigenvalue weighted by atomic mass is 9.73. The predicted octanol–water partition coefficient (Wildman–Crippen LogP) is 3.49. The van der Waals surface area contributed by atoms with E-state index in [1.54, 1.807) is 0 Å². The summed E-state index contributed by atoms with van der Waals surface area (Å²) in [6, 6.07) is 5.18. The normalized spacial score (nSPS) is 23.7. The van der Waals surface area contributed by atoms with Gasteiger partial charge in [-0.2, -0.15) is 15.1 Å². The lowest BCUT2D eigenvalue weighted by Gasteiger charge is -2.38. The van der Waals surface area contributed by atoms with Crippen molar-refractivity contribution in [3.05, 3.63) is 53.4 Å². The number of carbonyl (C=O) groups is 1. The highest BCUT2D eigenvalue weighted by molar-refractivity contribution is 5.87. The highest BCUT2D eigenvalue weighted by Crippen LogP contribution is 2.43. The Balaban J connectivity index is 1.34. The molecule has 2 aromatic heterocycles. The van der Waals surface area contributed by atoms with Crippen LogP contribution in [-0.4, -0.2) is 88.3 Å². The smallest absolute Gasteiger partial charge is 0.318 e. The van der Waals surface area contributed by atoms with Gasteiger partial charge in [0, 0.05) is 43.2 Å². The molecule has 1 unspecified atom stereocenters. The average Bonchev–Trinajstić information content (AvgIpc) is 3.59. The van der Waals surface area contributed by atoms with Crippen molar-refractivity contribution >= 4 is 22.6 Å². The van der Waals surface area contributed by atoms with Crippen molar-refractivity contribution in [3.8, 4) is 6.01 Å². The number of fused-ring (bicyclic) bond motifs is 2. The third-order valence-electron chi connectivity index (χ3n) is 9.07. The van der Waals surface area contributed by atoms with Crippen molar-refractivity contribution in [2.75, 3.05) is 51.3 Å². The predicted molar refractivity (Wildman–Crippen MR) is 152 cm³/mol. The molecule has 9 nitrogen and oxygen atoms in total. The molecule has 1 aliphatic carbocycles. The Labute approximate surface area is 230 Å². The molecule has 3 aromatic rings. The van der Waals surface area contributed by atoms with Crippen LogP contribution < -0.4 is 9.64 Å². The third-order valence-corrected chi connectivity index (χ3v) is 9.07.